The minimum absolute atomic E-state index is 0.514. The third kappa shape index (κ3) is 2.71. The summed E-state index contributed by atoms with van der Waals surface area (Å²) in [5, 5.41) is 0. The molecule has 0 amide bonds. The zero-order chi connectivity index (χ0) is 10.6. The molecule has 84 valence electrons. The Balaban J connectivity index is 2.60. The van der Waals surface area contributed by atoms with Crippen molar-refractivity contribution in [3.05, 3.63) is 0 Å². The molecule has 0 aliphatic heterocycles. The van der Waals surface area contributed by atoms with Crippen LogP contribution in [-0.4, -0.2) is 6.04 Å². The largest absolute Gasteiger partial charge is 0.271 e. The Bertz CT molecular complexity index is 156. The van der Waals surface area contributed by atoms with Gasteiger partial charge in [0, 0.05) is 6.04 Å². The molecule has 3 unspecified atom stereocenters. The number of nitrogens with two attached hydrogens (primary N) is 1. The highest BCUT2D eigenvalue weighted by molar-refractivity contribution is 4.85. The van der Waals surface area contributed by atoms with Crippen molar-refractivity contribution in [2.45, 2.75) is 58.9 Å². The summed E-state index contributed by atoms with van der Waals surface area (Å²) in [6, 6.07) is 0.514. The van der Waals surface area contributed by atoms with E-state index >= 15 is 0 Å². The fourth-order valence-electron chi connectivity index (χ4n) is 3.03. The van der Waals surface area contributed by atoms with Crippen LogP contribution in [0.2, 0.25) is 0 Å². The molecule has 3 atom stereocenters. The summed E-state index contributed by atoms with van der Waals surface area (Å²) in [5.74, 6) is 8.02. The van der Waals surface area contributed by atoms with Crippen molar-refractivity contribution >= 4 is 0 Å². The summed E-state index contributed by atoms with van der Waals surface area (Å²) < 4.78 is 0. The highest BCUT2D eigenvalue weighted by atomic mass is 15.2. The van der Waals surface area contributed by atoms with E-state index in [2.05, 4.69) is 26.2 Å². The van der Waals surface area contributed by atoms with Crippen LogP contribution in [-0.2, 0) is 0 Å². The molecule has 0 aromatic rings. The van der Waals surface area contributed by atoms with Crippen LogP contribution in [0, 0.1) is 17.8 Å². The quantitative estimate of drug-likeness (QED) is 0.538. The van der Waals surface area contributed by atoms with Crippen molar-refractivity contribution in [3.63, 3.8) is 0 Å². The SMILES string of the molecule is CCC1CCCCC1C(NN)C(C)C. The van der Waals surface area contributed by atoms with Crippen molar-refractivity contribution in [3.8, 4) is 0 Å². The minimum Gasteiger partial charge on any atom is -0.271 e. The van der Waals surface area contributed by atoms with E-state index in [1.807, 2.05) is 0 Å². The first-order valence-electron chi connectivity index (χ1n) is 6.16. The summed E-state index contributed by atoms with van der Waals surface area (Å²) in [5.41, 5.74) is 3.04. The second kappa shape index (κ2) is 5.72. The normalized spacial score (nSPS) is 30.6. The lowest BCUT2D eigenvalue weighted by atomic mass is 9.71. The number of hydrogen-bond acceptors (Lipinski definition) is 2. The van der Waals surface area contributed by atoms with Gasteiger partial charge in [0.05, 0.1) is 0 Å². The van der Waals surface area contributed by atoms with Gasteiger partial charge in [-0.25, -0.2) is 0 Å². The smallest absolute Gasteiger partial charge is 0.0264 e. The lowest BCUT2D eigenvalue weighted by molar-refractivity contribution is 0.148. The lowest BCUT2D eigenvalue weighted by Crippen LogP contribution is -2.47. The van der Waals surface area contributed by atoms with Crippen LogP contribution in [0.5, 0.6) is 0 Å². The Labute approximate surface area is 88.6 Å². The van der Waals surface area contributed by atoms with Crippen molar-refractivity contribution < 1.29 is 0 Å². The first kappa shape index (κ1) is 12.0. The molecule has 0 radical (unpaired) electrons. The van der Waals surface area contributed by atoms with E-state index < -0.39 is 0 Å². The average molecular weight is 198 g/mol. The third-order valence-corrected chi connectivity index (χ3v) is 3.86. The molecule has 2 nitrogen and oxygen atoms in total. The Hall–Kier alpha value is -0.0800. The van der Waals surface area contributed by atoms with Gasteiger partial charge in [-0.15, -0.1) is 0 Å². The van der Waals surface area contributed by atoms with Gasteiger partial charge in [0.15, 0.2) is 0 Å². The molecular weight excluding hydrogens is 172 g/mol. The van der Waals surface area contributed by atoms with E-state index in [4.69, 9.17) is 5.84 Å². The maximum atomic E-state index is 5.67. The topological polar surface area (TPSA) is 38.0 Å². The molecule has 0 spiro atoms. The Morgan fingerprint density at radius 1 is 1.29 bits per heavy atom. The molecule has 1 rings (SSSR count). The Morgan fingerprint density at radius 3 is 2.43 bits per heavy atom. The molecule has 0 saturated heterocycles. The van der Waals surface area contributed by atoms with Gasteiger partial charge in [0.1, 0.15) is 0 Å². The maximum Gasteiger partial charge on any atom is 0.0264 e. The maximum absolute atomic E-state index is 5.67. The van der Waals surface area contributed by atoms with Gasteiger partial charge in [-0.3, -0.25) is 11.3 Å². The van der Waals surface area contributed by atoms with E-state index in [0.717, 1.165) is 11.8 Å². The molecule has 14 heavy (non-hydrogen) atoms. The molecule has 1 saturated carbocycles. The predicted octanol–water partition coefficient (Wildman–Crippen LogP) is 2.69. The Morgan fingerprint density at radius 2 is 1.93 bits per heavy atom. The summed E-state index contributed by atoms with van der Waals surface area (Å²) >= 11 is 0. The fraction of sp³-hybridized carbons (Fsp3) is 1.00. The molecule has 3 N–H and O–H groups in total. The molecule has 0 aromatic heterocycles. The van der Waals surface area contributed by atoms with Crippen LogP contribution in [0.15, 0.2) is 0 Å². The molecule has 1 fully saturated rings. The van der Waals surface area contributed by atoms with Crippen LogP contribution < -0.4 is 11.3 Å². The summed E-state index contributed by atoms with van der Waals surface area (Å²) in [6.45, 7) is 6.86. The highest BCUT2D eigenvalue weighted by Gasteiger charge is 2.31. The summed E-state index contributed by atoms with van der Waals surface area (Å²) in [7, 11) is 0. The minimum atomic E-state index is 0.514. The van der Waals surface area contributed by atoms with Crippen molar-refractivity contribution in [2.24, 2.45) is 23.6 Å². The van der Waals surface area contributed by atoms with Gasteiger partial charge in [-0.2, -0.15) is 0 Å². The van der Waals surface area contributed by atoms with Crippen molar-refractivity contribution in [1.82, 2.24) is 5.43 Å². The zero-order valence-corrected chi connectivity index (χ0v) is 9.92. The lowest BCUT2D eigenvalue weighted by Gasteiger charge is -2.38. The number of rotatable bonds is 4. The van der Waals surface area contributed by atoms with Gasteiger partial charge in [-0.05, 0) is 24.2 Å². The van der Waals surface area contributed by atoms with Crippen LogP contribution in [0.1, 0.15) is 52.9 Å². The standard InChI is InChI=1S/C12H26N2/c1-4-10-7-5-6-8-11(10)12(14-13)9(2)3/h9-12,14H,4-8,13H2,1-3H3. The van der Waals surface area contributed by atoms with Gasteiger partial charge in [0.2, 0.25) is 0 Å². The number of nitrogens with one attached hydrogen (secondary N) is 1. The summed E-state index contributed by atoms with van der Waals surface area (Å²) in [6.07, 6.45) is 6.91. The molecule has 0 heterocycles. The fourth-order valence-corrected chi connectivity index (χ4v) is 3.03. The van der Waals surface area contributed by atoms with Gasteiger partial charge < -0.3 is 0 Å². The number of hydrogen-bond donors (Lipinski definition) is 2. The second-order valence-corrected chi connectivity index (χ2v) is 5.05. The van der Waals surface area contributed by atoms with E-state index in [0.29, 0.717) is 12.0 Å². The molecule has 1 aliphatic carbocycles. The van der Waals surface area contributed by atoms with Gasteiger partial charge in [-0.1, -0.05) is 46.5 Å². The number of hydrazine groups is 1. The molecule has 0 bridgehead atoms. The summed E-state index contributed by atoms with van der Waals surface area (Å²) in [4.78, 5) is 0. The monoisotopic (exact) mass is 198 g/mol. The first-order valence-corrected chi connectivity index (χ1v) is 6.16. The molecule has 0 aromatic carbocycles. The van der Waals surface area contributed by atoms with Crippen LogP contribution in [0.3, 0.4) is 0 Å². The Kier molecular flexibility index (Phi) is 4.90. The van der Waals surface area contributed by atoms with Gasteiger partial charge in [0.25, 0.3) is 0 Å². The molecule has 1 aliphatic rings. The first-order chi connectivity index (χ1) is 6.70. The van der Waals surface area contributed by atoms with Crippen LogP contribution >= 0.6 is 0 Å². The average Bonchev–Trinajstić information content (AvgIpc) is 2.19. The van der Waals surface area contributed by atoms with E-state index in [1.54, 1.807) is 0 Å². The second-order valence-electron chi connectivity index (χ2n) is 5.05. The van der Waals surface area contributed by atoms with E-state index in [-0.39, 0.29) is 0 Å². The van der Waals surface area contributed by atoms with Crippen LogP contribution in [0.4, 0.5) is 0 Å². The molecular formula is C12H26N2. The zero-order valence-electron chi connectivity index (χ0n) is 9.92. The van der Waals surface area contributed by atoms with E-state index in [1.165, 1.54) is 32.1 Å². The third-order valence-electron chi connectivity index (χ3n) is 3.86. The van der Waals surface area contributed by atoms with Gasteiger partial charge >= 0.3 is 0 Å². The van der Waals surface area contributed by atoms with Crippen LogP contribution in [0.25, 0.3) is 0 Å². The van der Waals surface area contributed by atoms with E-state index in [9.17, 15) is 0 Å². The predicted molar refractivity (Wildman–Crippen MR) is 61.7 cm³/mol. The highest BCUT2D eigenvalue weighted by Crippen LogP contribution is 2.36. The molecule has 2 heteroatoms. The van der Waals surface area contributed by atoms with Crippen molar-refractivity contribution in [1.29, 1.82) is 0 Å². The van der Waals surface area contributed by atoms with Crippen molar-refractivity contribution in [2.75, 3.05) is 0 Å².